The summed E-state index contributed by atoms with van der Waals surface area (Å²) < 4.78 is 0.780. The molecule has 0 bridgehead atoms. The van der Waals surface area contributed by atoms with Gasteiger partial charge in [-0.05, 0) is 41.3 Å². The Bertz CT molecular complexity index is 436. The lowest BCUT2D eigenvalue weighted by Gasteiger charge is -2.24. The number of anilines is 1. The number of carbonyl (C=O) groups excluding carboxylic acids is 1. The first kappa shape index (κ1) is 12.4. The van der Waals surface area contributed by atoms with Gasteiger partial charge in [0.2, 0.25) is 0 Å². The summed E-state index contributed by atoms with van der Waals surface area (Å²) in [6.07, 6.45) is 4.76. The molecule has 17 heavy (non-hydrogen) atoms. The van der Waals surface area contributed by atoms with Crippen molar-refractivity contribution in [2.75, 3.05) is 12.3 Å². The molecule has 1 atom stereocenters. The van der Waals surface area contributed by atoms with Crippen molar-refractivity contribution >= 4 is 27.7 Å². The monoisotopic (exact) mass is 297 g/mol. The first-order valence-electron chi connectivity index (χ1n) is 5.85. The zero-order valence-electron chi connectivity index (χ0n) is 9.82. The van der Waals surface area contributed by atoms with Crippen LogP contribution in [0.25, 0.3) is 0 Å². The quantitative estimate of drug-likeness (QED) is 0.912. The molecule has 0 aliphatic carbocycles. The molecule has 1 fully saturated rings. The van der Waals surface area contributed by atoms with E-state index in [-0.39, 0.29) is 5.91 Å². The lowest BCUT2D eigenvalue weighted by Crippen LogP contribution is -2.35. The predicted molar refractivity (Wildman–Crippen MR) is 70.7 cm³/mol. The van der Waals surface area contributed by atoms with E-state index in [2.05, 4.69) is 27.8 Å². The lowest BCUT2D eigenvalue weighted by molar-refractivity contribution is 0.0734. The number of carbonyl (C=O) groups is 1. The van der Waals surface area contributed by atoms with Crippen LogP contribution in [0.2, 0.25) is 0 Å². The third-order valence-corrected chi connectivity index (χ3v) is 3.66. The summed E-state index contributed by atoms with van der Waals surface area (Å²) in [4.78, 5) is 18.3. The van der Waals surface area contributed by atoms with Crippen molar-refractivity contribution in [3.05, 3.63) is 22.3 Å². The van der Waals surface area contributed by atoms with E-state index >= 15 is 0 Å². The van der Waals surface area contributed by atoms with E-state index in [0.717, 1.165) is 30.3 Å². The highest BCUT2D eigenvalue weighted by Gasteiger charge is 2.29. The van der Waals surface area contributed by atoms with E-state index in [1.54, 1.807) is 12.3 Å². The molecule has 5 heteroatoms. The normalized spacial score (nSPS) is 19.6. The van der Waals surface area contributed by atoms with Crippen LogP contribution in [0, 0.1) is 0 Å². The van der Waals surface area contributed by atoms with Crippen LogP contribution in [0.4, 0.5) is 5.82 Å². The van der Waals surface area contributed by atoms with Gasteiger partial charge in [-0.25, -0.2) is 4.98 Å². The highest BCUT2D eigenvalue weighted by molar-refractivity contribution is 9.10. The summed E-state index contributed by atoms with van der Waals surface area (Å²) in [6, 6.07) is 2.09. The molecule has 92 valence electrons. The minimum absolute atomic E-state index is 0.000602. The Balaban J connectivity index is 2.27. The predicted octanol–water partition coefficient (Wildman–Crippen LogP) is 2.44. The molecule has 0 radical (unpaired) electrons. The van der Waals surface area contributed by atoms with Crippen molar-refractivity contribution in [2.45, 2.75) is 32.2 Å². The summed E-state index contributed by atoms with van der Waals surface area (Å²) >= 11 is 3.32. The number of likely N-dealkylation sites (tertiary alicyclic amines) is 1. The zero-order valence-corrected chi connectivity index (χ0v) is 11.4. The molecule has 2 heterocycles. The number of nitrogens with zero attached hydrogens (tertiary/aromatic N) is 2. The molecule has 1 unspecified atom stereocenters. The molecule has 1 saturated heterocycles. The fourth-order valence-electron chi connectivity index (χ4n) is 2.30. The third kappa shape index (κ3) is 2.44. The van der Waals surface area contributed by atoms with Crippen molar-refractivity contribution < 1.29 is 4.79 Å². The van der Waals surface area contributed by atoms with Crippen molar-refractivity contribution in [2.24, 2.45) is 0 Å². The maximum absolute atomic E-state index is 12.4. The van der Waals surface area contributed by atoms with Crippen LogP contribution in [0.1, 0.15) is 36.5 Å². The van der Waals surface area contributed by atoms with Gasteiger partial charge in [-0.3, -0.25) is 4.79 Å². The maximum atomic E-state index is 12.4. The SMILES string of the molecule is CCC1CCCN1C(=O)c1cc(Br)cnc1N. The third-order valence-electron chi connectivity index (χ3n) is 3.22. The molecule has 2 rings (SSSR count). The molecule has 1 amide bonds. The molecule has 1 aliphatic heterocycles. The topological polar surface area (TPSA) is 59.2 Å². The number of hydrogen-bond acceptors (Lipinski definition) is 3. The Kier molecular flexibility index (Phi) is 3.66. The minimum Gasteiger partial charge on any atom is -0.383 e. The summed E-state index contributed by atoms with van der Waals surface area (Å²) in [5.74, 6) is 0.306. The molecule has 1 aliphatic rings. The fourth-order valence-corrected chi connectivity index (χ4v) is 2.63. The average Bonchev–Trinajstić information content (AvgIpc) is 2.79. The van der Waals surface area contributed by atoms with E-state index in [4.69, 9.17) is 5.73 Å². The van der Waals surface area contributed by atoms with Gasteiger partial charge in [-0.2, -0.15) is 0 Å². The zero-order chi connectivity index (χ0) is 12.4. The van der Waals surface area contributed by atoms with Gasteiger partial charge in [-0.1, -0.05) is 6.92 Å². The van der Waals surface area contributed by atoms with E-state index in [0.29, 0.717) is 17.4 Å². The van der Waals surface area contributed by atoms with Gasteiger partial charge in [0, 0.05) is 23.3 Å². The number of hydrogen-bond donors (Lipinski definition) is 1. The molecule has 2 N–H and O–H groups in total. The highest BCUT2D eigenvalue weighted by Crippen LogP contribution is 2.25. The maximum Gasteiger partial charge on any atom is 0.257 e. The molecule has 0 saturated carbocycles. The second-order valence-corrected chi connectivity index (χ2v) is 5.20. The first-order valence-corrected chi connectivity index (χ1v) is 6.64. The molecule has 0 spiro atoms. The summed E-state index contributed by atoms with van der Waals surface area (Å²) in [5.41, 5.74) is 6.27. The van der Waals surface area contributed by atoms with Crippen LogP contribution >= 0.6 is 15.9 Å². The highest BCUT2D eigenvalue weighted by atomic mass is 79.9. The van der Waals surface area contributed by atoms with Gasteiger partial charge in [0.05, 0.1) is 5.56 Å². The molecule has 0 aromatic carbocycles. The van der Waals surface area contributed by atoms with Crippen LogP contribution in [0.15, 0.2) is 16.7 Å². The largest absolute Gasteiger partial charge is 0.383 e. The number of rotatable bonds is 2. The Hall–Kier alpha value is -1.10. The van der Waals surface area contributed by atoms with Crippen molar-refractivity contribution in [1.82, 2.24) is 9.88 Å². The van der Waals surface area contributed by atoms with Crippen LogP contribution < -0.4 is 5.73 Å². The summed E-state index contributed by atoms with van der Waals surface area (Å²) in [6.45, 7) is 2.93. The number of nitrogen functional groups attached to an aromatic ring is 1. The summed E-state index contributed by atoms with van der Waals surface area (Å²) in [7, 11) is 0. The van der Waals surface area contributed by atoms with Crippen molar-refractivity contribution in [1.29, 1.82) is 0 Å². The Morgan fingerprint density at radius 1 is 1.71 bits per heavy atom. The van der Waals surface area contributed by atoms with E-state index in [1.807, 2.05) is 4.90 Å². The Labute approximate surface area is 109 Å². The van der Waals surface area contributed by atoms with Gasteiger partial charge in [-0.15, -0.1) is 0 Å². The lowest BCUT2D eigenvalue weighted by atomic mass is 10.1. The molecular weight excluding hydrogens is 282 g/mol. The van der Waals surface area contributed by atoms with Crippen LogP contribution in [0.3, 0.4) is 0 Å². The Morgan fingerprint density at radius 3 is 3.18 bits per heavy atom. The molecular formula is C12H16BrN3O. The van der Waals surface area contributed by atoms with E-state index in [1.165, 1.54) is 0 Å². The number of nitrogens with two attached hydrogens (primary N) is 1. The van der Waals surface area contributed by atoms with Gasteiger partial charge < -0.3 is 10.6 Å². The average molecular weight is 298 g/mol. The number of aromatic nitrogens is 1. The molecule has 1 aromatic rings. The Morgan fingerprint density at radius 2 is 2.47 bits per heavy atom. The van der Waals surface area contributed by atoms with Gasteiger partial charge in [0.1, 0.15) is 5.82 Å². The van der Waals surface area contributed by atoms with Crippen LogP contribution in [-0.4, -0.2) is 28.4 Å². The van der Waals surface area contributed by atoms with Gasteiger partial charge >= 0.3 is 0 Å². The second kappa shape index (κ2) is 5.04. The first-order chi connectivity index (χ1) is 8.13. The second-order valence-electron chi connectivity index (χ2n) is 4.29. The fraction of sp³-hybridized carbons (Fsp3) is 0.500. The summed E-state index contributed by atoms with van der Waals surface area (Å²) in [5, 5.41) is 0. The molecule has 4 nitrogen and oxygen atoms in total. The number of halogens is 1. The smallest absolute Gasteiger partial charge is 0.257 e. The van der Waals surface area contributed by atoms with E-state index in [9.17, 15) is 4.79 Å². The van der Waals surface area contributed by atoms with Gasteiger partial charge in [0.15, 0.2) is 0 Å². The molecule has 1 aromatic heterocycles. The standard InChI is InChI=1S/C12H16BrN3O/c1-2-9-4-3-5-16(9)12(17)10-6-8(13)7-15-11(10)14/h6-7,9H,2-5H2,1H3,(H2,14,15). The van der Waals surface area contributed by atoms with Gasteiger partial charge in [0.25, 0.3) is 5.91 Å². The number of amides is 1. The van der Waals surface area contributed by atoms with Crippen molar-refractivity contribution in [3.63, 3.8) is 0 Å². The number of pyridine rings is 1. The van der Waals surface area contributed by atoms with Crippen molar-refractivity contribution in [3.8, 4) is 0 Å². The minimum atomic E-state index is 0.000602. The van der Waals surface area contributed by atoms with Crippen LogP contribution in [-0.2, 0) is 0 Å². The van der Waals surface area contributed by atoms with Crippen LogP contribution in [0.5, 0.6) is 0 Å². The van der Waals surface area contributed by atoms with E-state index < -0.39 is 0 Å².